The molecule has 2 aromatic heterocycles. The van der Waals surface area contributed by atoms with Gasteiger partial charge in [-0.2, -0.15) is 4.99 Å². The molecule has 0 aliphatic rings. The predicted molar refractivity (Wildman–Crippen MR) is 118 cm³/mol. The van der Waals surface area contributed by atoms with Crippen molar-refractivity contribution in [1.29, 1.82) is 0 Å². The number of aryl methyl sites for hydroxylation is 1. The first-order valence-electron chi connectivity index (χ1n) is 8.90. The van der Waals surface area contributed by atoms with Crippen LogP contribution in [0.15, 0.2) is 47.5 Å². The van der Waals surface area contributed by atoms with Gasteiger partial charge < -0.3 is 9.30 Å². The molecule has 0 aliphatic carbocycles. The van der Waals surface area contributed by atoms with Gasteiger partial charge in [0.15, 0.2) is 4.80 Å². The van der Waals surface area contributed by atoms with E-state index in [2.05, 4.69) is 9.98 Å². The first kappa shape index (κ1) is 20.0. The SMILES string of the molecule is COCCn1c(=NC(=O)c2ccc3nc(C)ccc3c2)sc2ccc(Cl)c(Cl)c21. The van der Waals surface area contributed by atoms with Crippen molar-refractivity contribution in [2.45, 2.75) is 13.5 Å². The number of thiazole rings is 1. The van der Waals surface area contributed by atoms with Gasteiger partial charge in [-0.15, -0.1) is 0 Å². The zero-order chi connectivity index (χ0) is 20.5. The lowest BCUT2D eigenvalue weighted by Gasteiger charge is -2.06. The number of hydrogen-bond donors (Lipinski definition) is 0. The Kier molecular flexibility index (Phi) is 5.69. The standard InChI is InChI=1S/C21H17Cl2N3O2S/c1-12-3-4-13-11-14(5-7-16(13)24-12)20(27)25-21-26(9-10-28-2)19-17(29-21)8-6-15(22)18(19)23/h3-8,11H,9-10H2,1-2H3. The molecule has 0 N–H and O–H groups in total. The molecular formula is C21H17Cl2N3O2S. The number of carbonyl (C=O) groups is 1. The van der Waals surface area contributed by atoms with Gasteiger partial charge in [-0.25, -0.2) is 0 Å². The first-order valence-corrected chi connectivity index (χ1v) is 10.5. The molecule has 4 aromatic rings. The second kappa shape index (κ2) is 8.24. The summed E-state index contributed by atoms with van der Waals surface area (Å²) in [6, 6.07) is 12.9. The van der Waals surface area contributed by atoms with Crippen LogP contribution in [0.2, 0.25) is 10.0 Å². The third-order valence-corrected chi connectivity index (χ3v) is 6.36. The van der Waals surface area contributed by atoms with Crippen LogP contribution in [0.5, 0.6) is 0 Å². The van der Waals surface area contributed by atoms with Gasteiger partial charge in [0.2, 0.25) is 0 Å². The molecule has 0 aliphatic heterocycles. The van der Waals surface area contributed by atoms with Gasteiger partial charge in [0.25, 0.3) is 5.91 Å². The summed E-state index contributed by atoms with van der Waals surface area (Å²) in [5.41, 5.74) is 3.04. The van der Waals surface area contributed by atoms with E-state index >= 15 is 0 Å². The van der Waals surface area contributed by atoms with E-state index in [1.165, 1.54) is 11.3 Å². The Hall–Kier alpha value is -2.25. The Balaban J connectivity index is 1.83. The van der Waals surface area contributed by atoms with E-state index in [0.29, 0.717) is 33.6 Å². The number of rotatable bonds is 4. The normalized spacial score (nSPS) is 12.2. The van der Waals surface area contributed by atoms with Crippen LogP contribution >= 0.6 is 34.5 Å². The van der Waals surface area contributed by atoms with E-state index in [-0.39, 0.29) is 5.91 Å². The van der Waals surface area contributed by atoms with Gasteiger partial charge in [-0.1, -0.05) is 40.6 Å². The minimum absolute atomic E-state index is 0.326. The van der Waals surface area contributed by atoms with E-state index < -0.39 is 0 Å². The summed E-state index contributed by atoms with van der Waals surface area (Å²) in [5.74, 6) is -0.326. The molecule has 0 fully saturated rings. The second-order valence-electron chi connectivity index (χ2n) is 6.51. The molecule has 148 valence electrons. The van der Waals surface area contributed by atoms with Gasteiger partial charge >= 0.3 is 0 Å². The number of carbonyl (C=O) groups excluding carboxylic acids is 1. The topological polar surface area (TPSA) is 56.5 Å². The number of pyridine rings is 1. The van der Waals surface area contributed by atoms with Gasteiger partial charge in [0.1, 0.15) is 0 Å². The van der Waals surface area contributed by atoms with Crippen molar-refractivity contribution >= 4 is 61.6 Å². The molecule has 0 radical (unpaired) electrons. The highest BCUT2D eigenvalue weighted by Gasteiger charge is 2.14. The van der Waals surface area contributed by atoms with Crippen molar-refractivity contribution in [1.82, 2.24) is 9.55 Å². The molecule has 0 bridgehead atoms. The van der Waals surface area contributed by atoms with Crippen LogP contribution in [-0.2, 0) is 11.3 Å². The highest BCUT2D eigenvalue weighted by Crippen LogP contribution is 2.32. The maximum atomic E-state index is 12.9. The fraction of sp³-hybridized carbons (Fsp3) is 0.190. The maximum Gasteiger partial charge on any atom is 0.279 e. The quantitative estimate of drug-likeness (QED) is 0.430. The average molecular weight is 446 g/mol. The first-order chi connectivity index (χ1) is 14.0. The number of amides is 1. The summed E-state index contributed by atoms with van der Waals surface area (Å²) in [4.78, 5) is 22.3. The summed E-state index contributed by atoms with van der Waals surface area (Å²) < 4.78 is 7.99. The largest absolute Gasteiger partial charge is 0.383 e. The van der Waals surface area contributed by atoms with Crippen LogP contribution in [0.3, 0.4) is 0 Å². The van der Waals surface area contributed by atoms with Crippen molar-refractivity contribution < 1.29 is 9.53 Å². The van der Waals surface area contributed by atoms with Gasteiger partial charge in [-0.05, 0) is 43.3 Å². The summed E-state index contributed by atoms with van der Waals surface area (Å²) in [7, 11) is 1.62. The van der Waals surface area contributed by atoms with E-state index in [1.54, 1.807) is 19.2 Å². The van der Waals surface area contributed by atoms with Gasteiger partial charge in [0, 0.05) is 30.3 Å². The van der Waals surface area contributed by atoms with Crippen LogP contribution in [0.25, 0.3) is 21.1 Å². The lowest BCUT2D eigenvalue weighted by molar-refractivity contribution is 0.0997. The van der Waals surface area contributed by atoms with Gasteiger partial charge in [0.05, 0.1) is 32.4 Å². The highest BCUT2D eigenvalue weighted by molar-refractivity contribution is 7.16. The van der Waals surface area contributed by atoms with Crippen molar-refractivity contribution in [3.8, 4) is 0 Å². The second-order valence-corrected chi connectivity index (χ2v) is 8.31. The number of ether oxygens (including phenoxy) is 1. The molecule has 5 nitrogen and oxygen atoms in total. The van der Waals surface area contributed by atoms with E-state index in [1.807, 2.05) is 41.8 Å². The monoisotopic (exact) mass is 445 g/mol. The Morgan fingerprint density at radius 3 is 2.83 bits per heavy atom. The van der Waals surface area contributed by atoms with Crippen molar-refractivity contribution in [2.24, 2.45) is 4.99 Å². The maximum absolute atomic E-state index is 12.9. The molecule has 2 aromatic carbocycles. The van der Waals surface area contributed by atoms with Crippen LogP contribution in [0.1, 0.15) is 16.1 Å². The third-order valence-electron chi connectivity index (χ3n) is 4.53. The fourth-order valence-electron chi connectivity index (χ4n) is 3.09. The minimum atomic E-state index is -0.326. The summed E-state index contributed by atoms with van der Waals surface area (Å²) in [6.45, 7) is 2.89. The van der Waals surface area contributed by atoms with Crippen molar-refractivity contribution in [3.63, 3.8) is 0 Å². The number of benzene rings is 2. The number of nitrogens with zero attached hydrogens (tertiary/aromatic N) is 3. The van der Waals surface area contributed by atoms with Crippen LogP contribution in [-0.4, -0.2) is 29.2 Å². The highest BCUT2D eigenvalue weighted by atomic mass is 35.5. The number of hydrogen-bond acceptors (Lipinski definition) is 4. The molecule has 0 saturated heterocycles. The summed E-state index contributed by atoms with van der Waals surface area (Å²) >= 11 is 14.0. The Morgan fingerprint density at radius 1 is 1.21 bits per heavy atom. The van der Waals surface area contributed by atoms with Crippen LogP contribution in [0.4, 0.5) is 0 Å². The van der Waals surface area contributed by atoms with E-state index in [0.717, 1.165) is 26.8 Å². The van der Waals surface area contributed by atoms with E-state index in [9.17, 15) is 4.79 Å². The number of methoxy groups -OCH3 is 1. The molecule has 4 rings (SSSR count). The predicted octanol–water partition coefficient (Wildman–Crippen LogP) is 5.25. The zero-order valence-corrected chi connectivity index (χ0v) is 18.1. The number of aromatic nitrogens is 2. The van der Waals surface area contributed by atoms with Crippen molar-refractivity contribution in [2.75, 3.05) is 13.7 Å². The lowest BCUT2D eigenvalue weighted by Crippen LogP contribution is -2.19. The van der Waals surface area contributed by atoms with E-state index in [4.69, 9.17) is 27.9 Å². The molecule has 8 heteroatoms. The minimum Gasteiger partial charge on any atom is -0.383 e. The third kappa shape index (κ3) is 3.94. The molecule has 0 spiro atoms. The zero-order valence-electron chi connectivity index (χ0n) is 15.8. The van der Waals surface area contributed by atoms with Gasteiger partial charge in [-0.3, -0.25) is 9.78 Å². The molecule has 29 heavy (non-hydrogen) atoms. The molecule has 1 amide bonds. The summed E-state index contributed by atoms with van der Waals surface area (Å²) in [6.07, 6.45) is 0. The molecule has 0 saturated carbocycles. The molecule has 2 heterocycles. The number of halogens is 2. The Morgan fingerprint density at radius 2 is 2.03 bits per heavy atom. The lowest BCUT2D eigenvalue weighted by atomic mass is 10.1. The molecule has 0 unspecified atom stereocenters. The van der Waals surface area contributed by atoms with Crippen molar-refractivity contribution in [3.05, 3.63) is 68.6 Å². The van der Waals surface area contributed by atoms with Crippen LogP contribution in [0, 0.1) is 6.92 Å². The number of fused-ring (bicyclic) bond motifs is 2. The fourth-order valence-corrected chi connectivity index (χ4v) is 4.63. The molecular weight excluding hydrogens is 429 g/mol. The molecule has 0 atom stereocenters. The Labute approximate surface area is 181 Å². The Bertz CT molecular complexity index is 1310. The smallest absolute Gasteiger partial charge is 0.279 e. The average Bonchev–Trinajstić information content (AvgIpc) is 3.06. The summed E-state index contributed by atoms with van der Waals surface area (Å²) in [5, 5.41) is 1.80. The van der Waals surface area contributed by atoms with Crippen LogP contribution < -0.4 is 4.80 Å².